The van der Waals surface area contributed by atoms with E-state index in [0.29, 0.717) is 17.9 Å². The summed E-state index contributed by atoms with van der Waals surface area (Å²) in [6.07, 6.45) is 5.27. The average molecular weight is 284 g/mol. The Hall–Kier alpha value is -1.03. The molecule has 20 heavy (non-hydrogen) atoms. The zero-order valence-corrected chi connectivity index (χ0v) is 13.1. The molecule has 0 spiro atoms. The molecule has 116 valence electrons. The van der Waals surface area contributed by atoms with E-state index in [-0.39, 0.29) is 18.0 Å². The zero-order chi connectivity index (χ0) is 15.1. The first-order valence-corrected chi connectivity index (χ1v) is 7.67. The molecule has 0 aliphatic carbocycles. The van der Waals surface area contributed by atoms with Crippen molar-refractivity contribution in [2.75, 3.05) is 7.11 Å². The molecule has 1 aliphatic rings. The number of aliphatic hydroxyl groups is 1. The summed E-state index contributed by atoms with van der Waals surface area (Å²) in [5.41, 5.74) is 0.320. The van der Waals surface area contributed by atoms with Crippen molar-refractivity contribution < 1.29 is 19.4 Å². The Morgan fingerprint density at radius 3 is 2.65 bits per heavy atom. The monoisotopic (exact) mass is 284 g/mol. The van der Waals surface area contributed by atoms with Crippen molar-refractivity contribution in [3.05, 3.63) is 11.3 Å². The van der Waals surface area contributed by atoms with E-state index in [2.05, 4.69) is 20.8 Å². The summed E-state index contributed by atoms with van der Waals surface area (Å²) in [6.45, 7) is 6.29. The van der Waals surface area contributed by atoms with E-state index < -0.39 is 5.97 Å². The van der Waals surface area contributed by atoms with E-state index in [4.69, 9.17) is 9.47 Å². The third-order valence-electron chi connectivity index (χ3n) is 3.84. The zero-order valence-electron chi connectivity index (χ0n) is 13.1. The van der Waals surface area contributed by atoms with Crippen LogP contribution in [0.5, 0.6) is 0 Å². The molecule has 0 fully saturated rings. The first-order chi connectivity index (χ1) is 9.51. The second-order valence-corrected chi connectivity index (χ2v) is 5.81. The first-order valence-electron chi connectivity index (χ1n) is 7.67. The van der Waals surface area contributed by atoms with Crippen molar-refractivity contribution in [3.8, 4) is 0 Å². The molecule has 1 heterocycles. The minimum atomic E-state index is -0.467. The van der Waals surface area contributed by atoms with Gasteiger partial charge in [0, 0.05) is 6.42 Å². The molecule has 2 atom stereocenters. The van der Waals surface area contributed by atoms with Gasteiger partial charge in [-0.3, -0.25) is 0 Å². The molecule has 0 radical (unpaired) electrons. The maximum absolute atomic E-state index is 11.8. The molecule has 4 heteroatoms. The summed E-state index contributed by atoms with van der Waals surface area (Å²) in [5, 5.41) is 10.2. The van der Waals surface area contributed by atoms with Crippen LogP contribution in [-0.2, 0) is 14.3 Å². The van der Waals surface area contributed by atoms with Crippen LogP contribution in [0.2, 0.25) is 0 Å². The summed E-state index contributed by atoms with van der Waals surface area (Å²) >= 11 is 0. The molecular weight excluding hydrogens is 256 g/mol. The topological polar surface area (TPSA) is 55.8 Å². The van der Waals surface area contributed by atoms with Crippen molar-refractivity contribution in [3.63, 3.8) is 0 Å². The van der Waals surface area contributed by atoms with E-state index in [9.17, 15) is 9.90 Å². The van der Waals surface area contributed by atoms with Crippen LogP contribution < -0.4 is 0 Å². The molecule has 0 aromatic carbocycles. The SMILES string of the molecule is CCCCCC[C@H]1O[C@H](C(C)C)CC(O)=C1C(=O)OC. The van der Waals surface area contributed by atoms with E-state index in [0.717, 1.165) is 19.3 Å². The first kappa shape index (κ1) is 17.0. The Labute approximate surface area is 122 Å². The molecule has 0 saturated heterocycles. The van der Waals surface area contributed by atoms with Crippen molar-refractivity contribution in [2.45, 2.75) is 71.5 Å². The van der Waals surface area contributed by atoms with Gasteiger partial charge >= 0.3 is 5.97 Å². The second-order valence-electron chi connectivity index (χ2n) is 5.81. The maximum Gasteiger partial charge on any atom is 0.339 e. The second kappa shape index (κ2) is 8.30. The average Bonchev–Trinajstić information content (AvgIpc) is 2.42. The third-order valence-corrected chi connectivity index (χ3v) is 3.84. The Morgan fingerprint density at radius 2 is 2.10 bits per heavy atom. The largest absolute Gasteiger partial charge is 0.512 e. The van der Waals surface area contributed by atoms with Crippen molar-refractivity contribution >= 4 is 5.97 Å². The number of unbranched alkanes of at least 4 members (excludes halogenated alkanes) is 3. The predicted molar refractivity (Wildman–Crippen MR) is 78.5 cm³/mol. The maximum atomic E-state index is 11.8. The van der Waals surface area contributed by atoms with E-state index in [1.54, 1.807) is 0 Å². The van der Waals surface area contributed by atoms with Crippen LogP contribution in [0.25, 0.3) is 0 Å². The van der Waals surface area contributed by atoms with Gasteiger partial charge in [-0.05, 0) is 12.3 Å². The van der Waals surface area contributed by atoms with Gasteiger partial charge in [0.1, 0.15) is 11.3 Å². The Bertz CT molecular complexity index is 346. The van der Waals surface area contributed by atoms with Gasteiger partial charge in [-0.25, -0.2) is 4.79 Å². The highest BCUT2D eigenvalue weighted by Crippen LogP contribution is 2.31. The smallest absolute Gasteiger partial charge is 0.339 e. The van der Waals surface area contributed by atoms with Crippen LogP contribution >= 0.6 is 0 Å². The summed E-state index contributed by atoms with van der Waals surface area (Å²) < 4.78 is 10.8. The third kappa shape index (κ3) is 4.51. The lowest BCUT2D eigenvalue weighted by atomic mass is 9.92. The number of hydrogen-bond acceptors (Lipinski definition) is 4. The molecule has 1 rings (SSSR count). The number of rotatable bonds is 7. The summed E-state index contributed by atoms with van der Waals surface area (Å²) in [7, 11) is 1.34. The normalized spacial score (nSPS) is 23.2. The van der Waals surface area contributed by atoms with Gasteiger partial charge in [-0.1, -0.05) is 46.5 Å². The number of esters is 1. The Kier molecular flexibility index (Phi) is 7.06. The van der Waals surface area contributed by atoms with Gasteiger partial charge in [-0.2, -0.15) is 0 Å². The van der Waals surface area contributed by atoms with Crippen LogP contribution in [-0.4, -0.2) is 30.4 Å². The van der Waals surface area contributed by atoms with E-state index in [1.165, 1.54) is 20.0 Å². The molecule has 0 bridgehead atoms. The minimum Gasteiger partial charge on any atom is -0.512 e. The minimum absolute atomic E-state index is 0.0282. The number of carbonyl (C=O) groups excluding carboxylic acids is 1. The highest BCUT2D eigenvalue weighted by Gasteiger charge is 2.35. The van der Waals surface area contributed by atoms with Gasteiger partial charge in [0.15, 0.2) is 0 Å². The fourth-order valence-corrected chi connectivity index (χ4v) is 2.53. The van der Waals surface area contributed by atoms with E-state index >= 15 is 0 Å². The van der Waals surface area contributed by atoms with Crippen LogP contribution in [0, 0.1) is 5.92 Å². The number of ether oxygens (including phenoxy) is 2. The molecule has 0 amide bonds. The number of aliphatic hydroxyl groups excluding tert-OH is 1. The number of methoxy groups -OCH3 is 1. The number of hydrogen-bond donors (Lipinski definition) is 1. The van der Waals surface area contributed by atoms with Crippen LogP contribution in [0.4, 0.5) is 0 Å². The standard InChI is InChI=1S/C16H28O4/c1-5-6-7-8-9-13-15(16(18)19-4)12(17)10-14(20-13)11(2)3/h11,13-14,17H,5-10H2,1-4H3/t13-,14+/m1/s1. The summed E-state index contributed by atoms with van der Waals surface area (Å²) in [4.78, 5) is 11.8. The van der Waals surface area contributed by atoms with Crippen molar-refractivity contribution in [1.29, 1.82) is 0 Å². The van der Waals surface area contributed by atoms with E-state index in [1.807, 2.05) is 0 Å². The summed E-state index contributed by atoms with van der Waals surface area (Å²) in [5.74, 6) is -0.0121. The van der Waals surface area contributed by atoms with Gasteiger partial charge < -0.3 is 14.6 Å². The summed E-state index contributed by atoms with van der Waals surface area (Å²) in [6, 6.07) is 0. The van der Waals surface area contributed by atoms with Gasteiger partial charge in [-0.15, -0.1) is 0 Å². The Morgan fingerprint density at radius 1 is 1.40 bits per heavy atom. The van der Waals surface area contributed by atoms with Crippen LogP contribution in [0.3, 0.4) is 0 Å². The Balaban J connectivity index is 2.78. The lowest BCUT2D eigenvalue weighted by Crippen LogP contribution is -2.36. The molecule has 0 aromatic heterocycles. The van der Waals surface area contributed by atoms with Crippen LogP contribution in [0.1, 0.15) is 59.3 Å². The molecule has 4 nitrogen and oxygen atoms in total. The van der Waals surface area contributed by atoms with Gasteiger partial charge in [0.25, 0.3) is 0 Å². The van der Waals surface area contributed by atoms with Crippen molar-refractivity contribution in [1.82, 2.24) is 0 Å². The lowest BCUT2D eigenvalue weighted by molar-refractivity contribution is -0.140. The van der Waals surface area contributed by atoms with Gasteiger partial charge in [0.2, 0.25) is 0 Å². The fourth-order valence-electron chi connectivity index (χ4n) is 2.53. The molecule has 0 aromatic rings. The quantitative estimate of drug-likeness (QED) is 0.571. The number of carbonyl (C=O) groups is 1. The fraction of sp³-hybridized carbons (Fsp3) is 0.812. The molecule has 1 N–H and O–H groups in total. The molecular formula is C16H28O4. The van der Waals surface area contributed by atoms with Crippen LogP contribution in [0.15, 0.2) is 11.3 Å². The highest BCUT2D eigenvalue weighted by molar-refractivity contribution is 5.90. The van der Waals surface area contributed by atoms with Crippen molar-refractivity contribution in [2.24, 2.45) is 5.92 Å². The molecule has 1 aliphatic heterocycles. The predicted octanol–water partition coefficient (Wildman–Crippen LogP) is 3.76. The lowest BCUT2D eigenvalue weighted by Gasteiger charge is -2.33. The molecule has 0 saturated carbocycles. The highest BCUT2D eigenvalue weighted by atomic mass is 16.5. The molecule has 0 unspecified atom stereocenters. The van der Waals surface area contributed by atoms with Gasteiger partial charge in [0.05, 0.1) is 19.3 Å².